The summed E-state index contributed by atoms with van der Waals surface area (Å²) in [7, 11) is 3.08. The minimum atomic E-state index is -0.631. The van der Waals surface area contributed by atoms with Crippen molar-refractivity contribution in [3.05, 3.63) is 54.2 Å². The fraction of sp³-hybridized carbons (Fsp3) is 0.227. The smallest absolute Gasteiger partial charge is 0.376 e. The lowest BCUT2D eigenvalue weighted by molar-refractivity contribution is 0.0511. The maximum atomic E-state index is 12.1. The number of nitrogens with zero attached hydrogens (tertiary/aromatic N) is 4. The van der Waals surface area contributed by atoms with Crippen molar-refractivity contribution in [2.24, 2.45) is 0 Å². The first-order valence-electron chi connectivity index (χ1n) is 9.75. The summed E-state index contributed by atoms with van der Waals surface area (Å²) in [5.74, 6) is 1.05. The molecule has 0 atom stereocenters. The Bertz CT molecular complexity index is 1260. The van der Waals surface area contributed by atoms with Crippen LogP contribution in [0.15, 0.2) is 47.0 Å². The number of para-hydroxylation sites is 2. The molecule has 4 rings (SSSR count). The summed E-state index contributed by atoms with van der Waals surface area (Å²) in [6, 6.07) is 12.5. The molecule has 2 aromatic heterocycles. The maximum Gasteiger partial charge on any atom is 0.376 e. The highest BCUT2D eigenvalue weighted by atomic mass is 16.5. The van der Waals surface area contributed by atoms with Crippen LogP contribution in [0.25, 0.3) is 22.3 Å². The number of carbonyl (C=O) groups excluding carboxylic acids is 1. The molecule has 10 nitrogen and oxygen atoms in total. The minimum absolute atomic E-state index is 0.0669. The molecule has 32 heavy (non-hydrogen) atoms. The molecule has 4 aromatic rings. The van der Waals surface area contributed by atoms with Crippen molar-refractivity contribution in [1.29, 1.82) is 0 Å². The molecule has 2 heterocycles. The molecule has 0 aliphatic rings. The van der Waals surface area contributed by atoms with Crippen LogP contribution in [0, 0.1) is 0 Å². The van der Waals surface area contributed by atoms with E-state index in [9.17, 15) is 4.79 Å². The van der Waals surface area contributed by atoms with E-state index in [4.69, 9.17) is 23.5 Å². The highest BCUT2D eigenvalue weighted by Crippen LogP contribution is 2.36. The SMILES string of the molecule is CCOC(=O)c1nc(OCc2nc(-c3cccc(OC)c3OC)no2)c2ccccc2n1. The lowest BCUT2D eigenvalue weighted by Crippen LogP contribution is -2.11. The molecule has 0 saturated heterocycles. The van der Waals surface area contributed by atoms with Gasteiger partial charge in [0.2, 0.25) is 17.5 Å². The summed E-state index contributed by atoms with van der Waals surface area (Å²) in [6.45, 7) is 1.85. The van der Waals surface area contributed by atoms with E-state index >= 15 is 0 Å². The molecule has 0 amide bonds. The predicted octanol–water partition coefficient (Wildman–Crippen LogP) is 3.45. The van der Waals surface area contributed by atoms with E-state index in [1.54, 1.807) is 50.4 Å². The van der Waals surface area contributed by atoms with E-state index in [1.165, 1.54) is 7.11 Å². The van der Waals surface area contributed by atoms with E-state index in [2.05, 4.69) is 20.1 Å². The van der Waals surface area contributed by atoms with Gasteiger partial charge in [-0.25, -0.2) is 9.78 Å². The summed E-state index contributed by atoms with van der Waals surface area (Å²) >= 11 is 0. The van der Waals surface area contributed by atoms with Crippen LogP contribution < -0.4 is 14.2 Å². The third kappa shape index (κ3) is 4.15. The van der Waals surface area contributed by atoms with Gasteiger partial charge in [-0.3, -0.25) is 0 Å². The quantitative estimate of drug-likeness (QED) is 0.380. The number of ether oxygens (including phenoxy) is 4. The number of hydrogen-bond donors (Lipinski definition) is 0. The van der Waals surface area contributed by atoms with E-state index in [1.807, 2.05) is 6.07 Å². The summed E-state index contributed by atoms with van der Waals surface area (Å²) < 4.78 is 26.9. The van der Waals surface area contributed by atoms with Crippen molar-refractivity contribution in [3.63, 3.8) is 0 Å². The molecule has 0 spiro atoms. The summed E-state index contributed by atoms with van der Waals surface area (Å²) in [4.78, 5) is 25.0. The van der Waals surface area contributed by atoms with Crippen LogP contribution in [0.4, 0.5) is 0 Å². The number of methoxy groups -OCH3 is 2. The Morgan fingerprint density at radius 2 is 1.84 bits per heavy atom. The Morgan fingerprint density at radius 3 is 2.62 bits per heavy atom. The monoisotopic (exact) mass is 436 g/mol. The van der Waals surface area contributed by atoms with Gasteiger partial charge in [0, 0.05) is 0 Å². The number of carbonyl (C=O) groups is 1. The molecule has 0 radical (unpaired) electrons. The predicted molar refractivity (Wildman–Crippen MR) is 113 cm³/mol. The number of benzene rings is 2. The van der Waals surface area contributed by atoms with Gasteiger partial charge in [0.1, 0.15) is 0 Å². The van der Waals surface area contributed by atoms with Crippen molar-refractivity contribution >= 4 is 16.9 Å². The summed E-state index contributed by atoms with van der Waals surface area (Å²) in [5, 5.41) is 4.64. The van der Waals surface area contributed by atoms with Crippen LogP contribution in [0.5, 0.6) is 17.4 Å². The Balaban J connectivity index is 1.60. The van der Waals surface area contributed by atoms with Gasteiger partial charge < -0.3 is 23.5 Å². The van der Waals surface area contributed by atoms with Crippen molar-refractivity contribution in [2.75, 3.05) is 20.8 Å². The molecule has 0 unspecified atom stereocenters. The summed E-state index contributed by atoms with van der Waals surface area (Å²) in [6.07, 6.45) is 0. The first kappa shape index (κ1) is 21.0. The topological polar surface area (TPSA) is 119 Å². The number of rotatable bonds is 8. The zero-order valence-corrected chi connectivity index (χ0v) is 17.7. The zero-order valence-electron chi connectivity index (χ0n) is 17.7. The van der Waals surface area contributed by atoms with Crippen molar-refractivity contribution < 1.29 is 28.3 Å². The Hall–Kier alpha value is -4.21. The third-order valence-electron chi connectivity index (χ3n) is 4.47. The van der Waals surface area contributed by atoms with Crippen molar-refractivity contribution in [3.8, 4) is 28.8 Å². The van der Waals surface area contributed by atoms with E-state index in [-0.39, 0.29) is 30.8 Å². The Kier molecular flexibility index (Phi) is 6.11. The third-order valence-corrected chi connectivity index (χ3v) is 4.47. The fourth-order valence-electron chi connectivity index (χ4n) is 3.06. The van der Waals surface area contributed by atoms with E-state index in [0.29, 0.717) is 33.8 Å². The van der Waals surface area contributed by atoms with Gasteiger partial charge in [0.25, 0.3) is 5.89 Å². The van der Waals surface area contributed by atoms with Gasteiger partial charge in [-0.2, -0.15) is 9.97 Å². The van der Waals surface area contributed by atoms with Crippen LogP contribution in [-0.2, 0) is 11.3 Å². The lowest BCUT2D eigenvalue weighted by Gasteiger charge is -2.09. The Labute approximate surface area is 183 Å². The first-order chi connectivity index (χ1) is 15.6. The lowest BCUT2D eigenvalue weighted by atomic mass is 10.1. The van der Waals surface area contributed by atoms with Gasteiger partial charge >= 0.3 is 5.97 Å². The van der Waals surface area contributed by atoms with Crippen LogP contribution >= 0.6 is 0 Å². The molecular formula is C22H20N4O6. The molecule has 0 N–H and O–H groups in total. The van der Waals surface area contributed by atoms with Gasteiger partial charge in [-0.1, -0.05) is 23.4 Å². The van der Waals surface area contributed by atoms with Gasteiger partial charge in [-0.15, -0.1) is 0 Å². The van der Waals surface area contributed by atoms with E-state index < -0.39 is 5.97 Å². The molecule has 164 valence electrons. The second-order valence-electron chi connectivity index (χ2n) is 6.43. The standard InChI is InChI=1S/C22H20N4O6/c1-4-30-22(27)20-23-15-10-6-5-8-13(15)21(25-20)31-12-17-24-19(26-32-17)14-9-7-11-16(28-2)18(14)29-3/h5-11H,4,12H2,1-3H3. The number of aromatic nitrogens is 4. The average molecular weight is 436 g/mol. The number of hydrogen-bond acceptors (Lipinski definition) is 10. The molecule has 10 heteroatoms. The number of fused-ring (bicyclic) bond motifs is 1. The van der Waals surface area contributed by atoms with Crippen molar-refractivity contribution in [1.82, 2.24) is 20.1 Å². The van der Waals surface area contributed by atoms with Gasteiger partial charge in [-0.05, 0) is 31.2 Å². The van der Waals surface area contributed by atoms with E-state index in [0.717, 1.165) is 0 Å². The maximum absolute atomic E-state index is 12.1. The fourth-order valence-corrected chi connectivity index (χ4v) is 3.06. The van der Waals surface area contributed by atoms with Crippen LogP contribution in [-0.4, -0.2) is 46.9 Å². The molecule has 2 aromatic carbocycles. The summed E-state index contributed by atoms with van der Waals surface area (Å²) in [5.41, 5.74) is 1.16. The highest BCUT2D eigenvalue weighted by molar-refractivity contribution is 5.90. The normalized spacial score (nSPS) is 10.7. The number of esters is 1. The second kappa shape index (κ2) is 9.29. The van der Waals surface area contributed by atoms with Crippen molar-refractivity contribution in [2.45, 2.75) is 13.5 Å². The Morgan fingerprint density at radius 1 is 1.00 bits per heavy atom. The second-order valence-corrected chi connectivity index (χ2v) is 6.43. The molecule has 0 fully saturated rings. The minimum Gasteiger partial charge on any atom is -0.493 e. The van der Waals surface area contributed by atoms with Gasteiger partial charge in [0.05, 0.1) is 37.3 Å². The first-order valence-corrected chi connectivity index (χ1v) is 9.75. The molecule has 0 aliphatic heterocycles. The molecule has 0 bridgehead atoms. The highest BCUT2D eigenvalue weighted by Gasteiger charge is 2.19. The van der Waals surface area contributed by atoms with Crippen LogP contribution in [0.1, 0.15) is 23.4 Å². The molecule has 0 aliphatic carbocycles. The van der Waals surface area contributed by atoms with Crippen LogP contribution in [0.3, 0.4) is 0 Å². The van der Waals surface area contributed by atoms with Crippen LogP contribution in [0.2, 0.25) is 0 Å². The molecular weight excluding hydrogens is 416 g/mol. The average Bonchev–Trinajstić information content (AvgIpc) is 3.30. The largest absolute Gasteiger partial charge is 0.493 e. The zero-order chi connectivity index (χ0) is 22.5. The molecule has 0 saturated carbocycles. The van der Waals surface area contributed by atoms with Gasteiger partial charge in [0.15, 0.2) is 18.1 Å².